The van der Waals surface area contributed by atoms with Gasteiger partial charge in [-0.25, -0.2) is 0 Å². The maximum atomic E-state index is 12.1. The minimum atomic E-state index is 0.164. The predicted molar refractivity (Wildman–Crippen MR) is 83.1 cm³/mol. The van der Waals surface area contributed by atoms with Crippen LogP contribution in [0.4, 0.5) is 0 Å². The van der Waals surface area contributed by atoms with Gasteiger partial charge >= 0.3 is 0 Å². The van der Waals surface area contributed by atoms with Gasteiger partial charge in [0, 0.05) is 65.1 Å². The molecule has 0 atom stereocenters. The van der Waals surface area contributed by atoms with E-state index in [4.69, 9.17) is 0 Å². The molecule has 0 radical (unpaired) electrons. The number of hydrogen-bond acceptors (Lipinski definition) is 4. The van der Waals surface area contributed by atoms with Crippen molar-refractivity contribution in [2.45, 2.75) is 39.0 Å². The largest absolute Gasteiger partial charge is 0.343 e. The van der Waals surface area contributed by atoms with Crippen molar-refractivity contribution in [1.82, 2.24) is 15.1 Å². The van der Waals surface area contributed by atoms with Crippen molar-refractivity contribution in [3.63, 3.8) is 0 Å². The molecule has 5 heteroatoms. The molecule has 0 bridgehead atoms. The number of piperazine rings is 1. The molecular weight excluding hydrogens is 266 g/mol. The highest BCUT2D eigenvalue weighted by molar-refractivity contribution is 5.84. The van der Waals surface area contributed by atoms with Crippen LogP contribution < -0.4 is 5.32 Å². The second-order valence-corrected chi connectivity index (χ2v) is 6.27. The lowest BCUT2D eigenvalue weighted by atomic mass is 9.95. The summed E-state index contributed by atoms with van der Waals surface area (Å²) < 4.78 is 0. The zero-order valence-corrected chi connectivity index (χ0v) is 13.3. The Labute approximate surface area is 128 Å². The van der Waals surface area contributed by atoms with E-state index in [0.717, 1.165) is 58.0 Å². The first-order chi connectivity index (χ1) is 10.2. The quantitative estimate of drug-likeness (QED) is 0.791. The van der Waals surface area contributed by atoms with Crippen molar-refractivity contribution < 1.29 is 9.59 Å². The summed E-state index contributed by atoms with van der Waals surface area (Å²) in [5.74, 6) is 1.08. The zero-order chi connectivity index (χ0) is 15.1. The molecule has 2 aliphatic heterocycles. The lowest BCUT2D eigenvalue weighted by Gasteiger charge is -2.36. The molecule has 2 fully saturated rings. The van der Waals surface area contributed by atoms with Crippen LogP contribution in [0.15, 0.2) is 0 Å². The van der Waals surface area contributed by atoms with E-state index in [2.05, 4.69) is 10.2 Å². The Bertz CT molecular complexity index is 345. The molecule has 2 aliphatic rings. The molecular formula is C16H29N3O2. The van der Waals surface area contributed by atoms with Gasteiger partial charge in [0.25, 0.3) is 0 Å². The fourth-order valence-corrected chi connectivity index (χ4v) is 3.21. The summed E-state index contributed by atoms with van der Waals surface area (Å²) in [6.45, 7) is 9.28. The number of likely N-dealkylation sites (tertiary alicyclic amines) is 1. The fourth-order valence-electron chi connectivity index (χ4n) is 3.21. The first-order valence-corrected chi connectivity index (χ1v) is 8.41. The average molecular weight is 295 g/mol. The molecule has 120 valence electrons. The molecule has 2 rings (SSSR count). The maximum Gasteiger partial charge on any atom is 0.223 e. The minimum Gasteiger partial charge on any atom is -0.343 e. The normalized spacial score (nSPS) is 21.5. The summed E-state index contributed by atoms with van der Waals surface area (Å²) in [7, 11) is 0. The van der Waals surface area contributed by atoms with Crippen molar-refractivity contribution in [1.29, 1.82) is 0 Å². The lowest BCUT2D eigenvalue weighted by Crippen LogP contribution is -2.47. The van der Waals surface area contributed by atoms with E-state index in [-0.39, 0.29) is 11.7 Å². The average Bonchev–Trinajstić information content (AvgIpc) is 2.54. The molecule has 5 nitrogen and oxygen atoms in total. The van der Waals surface area contributed by atoms with E-state index in [0.29, 0.717) is 19.3 Å². The van der Waals surface area contributed by atoms with Gasteiger partial charge < -0.3 is 15.1 Å². The first kappa shape index (κ1) is 16.4. The molecule has 0 aromatic carbocycles. The van der Waals surface area contributed by atoms with Gasteiger partial charge in [-0.1, -0.05) is 6.92 Å². The van der Waals surface area contributed by atoms with Crippen LogP contribution in [-0.2, 0) is 9.59 Å². The second-order valence-electron chi connectivity index (χ2n) is 6.27. The Kier molecular flexibility index (Phi) is 6.64. The summed E-state index contributed by atoms with van der Waals surface area (Å²) >= 11 is 0. The van der Waals surface area contributed by atoms with Gasteiger partial charge in [-0.3, -0.25) is 9.59 Å². The van der Waals surface area contributed by atoms with Crippen molar-refractivity contribution in [2.75, 3.05) is 45.8 Å². The highest BCUT2D eigenvalue weighted by atomic mass is 16.2. The number of Topliss-reactive ketones (excluding diaryl/α,β-unsaturated/α-hetero) is 1. The molecule has 1 amide bonds. The molecule has 0 spiro atoms. The van der Waals surface area contributed by atoms with Crippen molar-refractivity contribution in [3.05, 3.63) is 0 Å². The molecule has 21 heavy (non-hydrogen) atoms. The zero-order valence-electron chi connectivity index (χ0n) is 13.3. The molecule has 0 unspecified atom stereocenters. The van der Waals surface area contributed by atoms with Gasteiger partial charge in [-0.15, -0.1) is 0 Å². The molecule has 0 saturated carbocycles. The third kappa shape index (κ3) is 5.40. The SMILES string of the molecule is CCC(=O)CCC(=O)N1CCC(CN2CCNCC2)CC1. The molecule has 0 aliphatic carbocycles. The standard InChI is InChI=1S/C16H29N3O2/c1-2-15(20)3-4-16(21)19-9-5-14(6-10-19)13-18-11-7-17-8-12-18/h14,17H,2-13H2,1H3. The minimum absolute atomic E-state index is 0.164. The van der Waals surface area contributed by atoms with E-state index >= 15 is 0 Å². The van der Waals surface area contributed by atoms with Crippen LogP contribution in [0.25, 0.3) is 0 Å². The van der Waals surface area contributed by atoms with Crippen LogP contribution in [0.5, 0.6) is 0 Å². The van der Waals surface area contributed by atoms with E-state index in [1.165, 1.54) is 6.54 Å². The number of nitrogens with zero attached hydrogens (tertiary/aromatic N) is 2. The fraction of sp³-hybridized carbons (Fsp3) is 0.875. The second kappa shape index (κ2) is 8.49. The van der Waals surface area contributed by atoms with Crippen molar-refractivity contribution in [2.24, 2.45) is 5.92 Å². The Morgan fingerprint density at radius 1 is 1.05 bits per heavy atom. The van der Waals surface area contributed by atoms with Gasteiger partial charge in [0.1, 0.15) is 5.78 Å². The molecule has 2 heterocycles. The lowest BCUT2D eigenvalue weighted by molar-refractivity contribution is -0.134. The van der Waals surface area contributed by atoms with Gasteiger partial charge in [-0.05, 0) is 18.8 Å². The van der Waals surface area contributed by atoms with Crippen molar-refractivity contribution in [3.8, 4) is 0 Å². The van der Waals surface area contributed by atoms with Gasteiger partial charge in [0.15, 0.2) is 0 Å². The van der Waals surface area contributed by atoms with Crippen LogP contribution >= 0.6 is 0 Å². The molecule has 0 aromatic heterocycles. The van der Waals surface area contributed by atoms with E-state index in [1.54, 1.807) is 0 Å². The van der Waals surface area contributed by atoms with Gasteiger partial charge in [-0.2, -0.15) is 0 Å². The van der Waals surface area contributed by atoms with E-state index in [9.17, 15) is 9.59 Å². The summed E-state index contributed by atoms with van der Waals surface area (Å²) in [4.78, 5) is 27.9. The van der Waals surface area contributed by atoms with Gasteiger partial charge in [0.05, 0.1) is 0 Å². The summed E-state index contributed by atoms with van der Waals surface area (Å²) in [5, 5.41) is 3.38. The molecule has 0 aromatic rings. The molecule has 2 saturated heterocycles. The van der Waals surface area contributed by atoms with E-state index < -0.39 is 0 Å². The number of carbonyl (C=O) groups is 2. The monoisotopic (exact) mass is 295 g/mol. The number of hydrogen-bond donors (Lipinski definition) is 1. The summed E-state index contributed by atoms with van der Waals surface area (Å²) in [6, 6.07) is 0. The Hall–Kier alpha value is -0.940. The van der Waals surface area contributed by atoms with Crippen LogP contribution in [0, 0.1) is 5.92 Å². The summed E-state index contributed by atoms with van der Waals surface area (Å²) in [6.07, 6.45) is 3.57. The van der Waals surface area contributed by atoms with Crippen molar-refractivity contribution >= 4 is 11.7 Å². The topological polar surface area (TPSA) is 52.7 Å². The number of amides is 1. The van der Waals surface area contributed by atoms with Crippen LogP contribution in [-0.4, -0.2) is 67.3 Å². The Balaban J connectivity index is 1.65. The molecule has 1 N–H and O–H groups in total. The van der Waals surface area contributed by atoms with Crippen LogP contribution in [0.2, 0.25) is 0 Å². The summed E-state index contributed by atoms with van der Waals surface area (Å²) in [5.41, 5.74) is 0. The first-order valence-electron chi connectivity index (χ1n) is 8.41. The van der Waals surface area contributed by atoms with Crippen LogP contribution in [0.3, 0.4) is 0 Å². The number of nitrogens with one attached hydrogen (secondary N) is 1. The Morgan fingerprint density at radius 3 is 2.33 bits per heavy atom. The number of piperidine rings is 1. The highest BCUT2D eigenvalue weighted by Gasteiger charge is 2.24. The number of rotatable bonds is 6. The number of ketones is 1. The predicted octanol–water partition coefficient (Wildman–Crippen LogP) is 0.890. The van der Waals surface area contributed by atoms with E-state index in [1.807, 2.05) is 11.8 Å². The Morgan fingerprint density at radius 2 is 1.71 bits per heavy atom. The van der Waals surface area contributed by atoms with Gasteiger partial charge in [0.2, 0.25) is 5.91 Å². The number of carbonyl (C=O) groups excluding carboxylic acids is 2. The smallest absolute Gasteiger partial charge is 0.223 e. The highest BCUT2D eigenvalue weighted by Crippen LogP contribution is 2.19. The third-order valence-corrected chi connectivity index (χ3v) is 4.71. The third-order valence-electron chi connectivity index (χ3n) is 4.71. The maximum absolute atomic E-state index is 12.1. The van der Waals surface area contributed by atoms with Crippen LogP contribution in [0.1, 0.15) is 39.0 Å².